The van der Waals surface area contributed by atoms with E-state index in [0.717, 1.165) is 19.5 Å². The van der Waals surface area contributed by atoms with Crippen molar-refractivity contribution in [2.45, 2.75) is 46.3 Å². The Hall–Kier alpha value is -2.89. The molecule has 1 aromatic carbocycles. The van der Waals surface area contributed by atoms with Gasteiger partial charge in [-0.05, 0) is 18.6 Å². The normalized spacial score (nSPS) is 24.7. The van der Waals surface area contributed by atoms with Crippen LogP contribution in [0.25, 0.3) is 0 Å². The molecule has 2 fully saturated rings. The molecule has 2 N–H and O–H groups in total. The Kier molecular flexibility index (Phi) is 6.45. The summed E-state index contributed by atoms with van der Waals surface area (Å²) in [5, 5.41) is 21.9. The van der Waals surface area contributed by atoms with E-state index in [1.54, 1.807) is 30.6 Å². The molecular formula is C25H30ClN5O3. The summed E-state index contributed by atoms with van der Waals surface area (Å²) >= 11 is 6.16. The first-order valence-electron chi connectivity index (χ1n) is 11.4. The Labute approximate surface area is 204 Å². The number of carbonyl (C=O) groups is 1. The number of anilines is 1. The first-order valence-corrected chi connectivity index (χ1v) is 11.8. The van der Waals surface area contributed by atoms with Crippen LogP contribution in [0.1, 0.15) is 50.0 Å². The topological polar surface area (TPSA) is 111 Å². The number of hydrogen-bond donors (Lipinski definition) is 2. The van der Waals surface area contributed by atoms with Gasteiger partial charge in [0.1, 0.15) is 17.9 Å². The number of ether oxygens (including phenoxy) is 1. The highest BCUT2D eigenvalue weighted by Gasteiger charge is 2.64. The second kappa shape index (κ2) is 9.05. The van der Waals surface area contributed by atoms with E-state index < -0.39 is 0 Å². The SMILES string of the molecule is CC1(C)[C@H](NC(=O)c2cnc(N3CC[C@@H](CO)C3)nc2)C(C)(C)[C@H]1Oc1ccc(C#N)c(Cl)c1. The van der Waals surface area contributed by atoms with Crippen LogP contribution in [0.2, 0.25) is 5.02 Å². The highest BCUT2D eigenvalue weighted by molar-refractivity contribution is 6.31. The molecule has 0 bridgehead atoms. The highest BCUT2D eigenvalue weighted by atomic mass is 35.5. The van der Waals surface area contributed by atoms with E-state index in [9.17, 15) is 9.90 Å². The van der Waals surface area contributed by atoms with Crippen molar-refractivity contribution in [3.63, 3.8) is 0 Å². The summed E-state index contributed by atoms with van der Waals surface area (Å²) < 4.78 is 6.28. The van der Waals surface area contributed by atoms with Crippen LogP contribution in [0, 0.1) is 28.1 Å². The largest absolute Gasteiger partial charge is 0.489 e. The lowest BCUT2D eigenvalue weighted by Crippen LogP contribution is -2.74. The molecule has 0 radical (unpaired) electrons. The molecule has 4 rings (SSSR count). The van der Waals surface area contributed by atoms with Gasteiger partial charge in [-0.2, -0.15) is 5.26 Å². The third kappa shape index (κ3) is 4.30. The van der Waals surface area contributed by atoms with Crippen molar-refractivity contribution >= 4 is 23.5 Å². The van der Waals surface area contributed by atoms with Crippen molar-refractivity contribution < 1.29 is 14.6 Å². The highest BCUT2D eigenvalue weighted by Crippen LogP contribution is 2.55. The number of carbonyl (C=O) groups excluding carboxylic acids is 1. The number of aliphatic hydroxyl groups is 1. The van der Waals surface area contributed by atoms with Gasteiger partial charge in [0.25, 0.3) is 5.91 Å². The quantitative estimate of drug-likeness (QED) is 0.647. The Morgan fingerprint density at radius 2 is 1.97 bits per heavy atom. The molecule has 1 aliphatic carbocycles. The van der Waals surface area contributed by atoms with Crippen LogP contribution < -0.4 is 15.0 Å². The molecule has 1 saturated heterocycles. The van der Waals surface area contributed by atoms with Gasteiger partial charge in [-0.15, -0.1) is 0 Å². The third-order valence-corrected chi connectivity index (χ3v) is 7.47. The predicted molar refractivity (Wildman–Crippen MR) is 129 cm³/mol. The second-order valence-electron chi connectivity index (χ2n) is 10.4. The van der Waals surface area contributed by atoms with Crippen LogP contribution in [0.5, 0.6) is 5.75 Å². The molecule has 0 unspecified atom stereocenters. The first kappa shape index (κ1) is 24.2. The number of hydrogen-bond acceptors (Lipinski definition) is 7. The molecule has 1 aromatic heterocycles. The number of halogens is 1. The number of aliphatic hydroxyl groups excluding tert-OH is 1. The Morgan fingerprint density at radius 3 is 2.53 bits per heavy atom. The molecule has 34 heavy (non-hydrogen) atoms. The van der Waals surface area contributed by atoms with E-state index in [4.69, 9.17) is 21.6 Å². The zero-order valence-electron chi connectivity index (χ0n) is 19.9. The number of rotatable bonds is 6. The number of amides is 1. The lowest BCUT2D eigenvalue weighted by Gasteiger charge is -2.63. The van der Waals surface area contributed by atoms with E-state index in [-0.39, 0.29) is 41.4 Å². The molecule has 1 atom stereocenters. The van der Waals surface area contributed by atoms with Gasteiger partial charge in [-0.3, -0.25) is 4.79 Å². The van der Waals surface area contributed by atoms with Crippen LogP contribution in [-0.4, -0.2) is 52.8 Å². The first-order chi connectivity index (χ1) is 16.1. The average Bonchev–Trinajstić information content (AvgIpc) is 3.30. The summed E-state index contributed by atoms with van der Waals surface area (Å²) in [5.74, 6) is 1.18. The molecule has 9 heteroatoms. The third-order valence-electron chi connectivity index (χ3n) is 7.16. The van der Waals surface area contributed by atoms with Crippen LogP contribution in [-0.2, 0) is 0 Å². The van der Waals surface area contributed by atoms with Crippen molar-refractivity contribution in [3.8, 4) is 11.8 Å². The molecule has 1 aliphatic heterocycles. The van der Waals surface area contributed by atoms with Gasteiger partial charge in [0.05, 0.1) is 16.1 Å². The monoisotopic (exact) mass is 483 g/mol. The number of nitrogens with one attached hydrogen (secondary N) is 1. The zero-order valence-corrected chi connectivity index (χ0v) is 20.6. The number of benzene rings is 1. The van der Waals surface area contributed by atoms with Crippen LogP contribution in [0.3, 0.4) is 0 Å². The minimum Gasteiger partial charge on any atom is -0.489 e. The molecule has 2 aromatic rings. The minimum atomic E-state index is -0.352. The van der Waals surface area contributed by atoms with Crippen molar-refractivity contribution in [2.75, 3.05) is 24.6 Å². The molecule has 1 amide bonds. The Bertz CT molecular complexity index is 1100. The second-order valence-corrected chi connectivity index (χ2v) is 10.8. The summed E-state index contributed by atoms with van der Waals surface area (Å²) in [4.78, 5) is 23.8. The van der Waals surface area contributed by atoms with Crippen molar-refractivity contribution in [1.82, 2.24) is 15.3 Å². The summed E-state index contributed by atoms with van der Waals surface area (Å²) in [7, 11) is 0. The van der Waals surface area contributed by atoms with Crippen LogP contribution in [0.15, 0.2) is 30.6 Å². The summed E-state index contributed by atoms with van der Waals surface area (Å²) in [5.41, 5.74) is 0.0960. The van der Waals surface area contributed by atoms with E-state index in [2.05, 4.69) is 43.0 Å². The zero-order chi connectivity index (χ0) is 24.7. The molecule has 8 nitrogen and oxygen atoms in total. The summed E-state index contributed by atoms with van der Waals surface area (Å²) in [6.45, 7) is 9.92. The fourth-order valence-electron chi connectivity index (χ4n) is 5.58. The number of aromatic nitrogens is 2. The predicted octanol–water partition coefficient (Wildman–Crippen LogP) is 3.43. The van der Waals surface area contributed by atoms with Gasteiger partial charge < -0.3 is 20.1 Å². The lowest BCUT2D eigenvalue weighted by molar-refractivity contribution is -0.164. The van der Waals surface area contributed by atoms with Gasteiger partial charge >= 0.3 is 0 Å². The van der Waals surface area contributed by atoms with E-state index >= 15 is 0 Å². The van der Waals surface area contributed by atoms with Gasteiger partial charge in [0.2, 0.25) is 5.95 Å². The molecule has 1 saturated carbocycles. The van der Waals surface area contributed by atoms with Crippen molar-refractivity contribution in [3.05, 3.63) is 46.7 Å². The van der Waals surface area contributed by atoms with E-state index in [1.807, 2.05) is 11.0 Å². The molecule has 180 valence electrons. The number of nitriles is 1. The van der Waals surface area contributed by atoms with Crippen LogP contribution >= 0.6 is 11.6 Å². The Balaban J connectivity index is 1.42. The maximum atomic E-state index is 13.0. The fraction of sp³-hybridized carbons (Fsp3) is 0.520. The fourth-order valence-corrected chi connectivity index (χ4v) is 5.79. The summed E-state index contributed by atoms with van der Waals surface area (Å²) in [6, 6.07) is 6.94. The average molecular weight is 484 g/mol. The van der Waals surface area contributed by atoms with Gasteiger partial charge in [-0.25, -0.2) is 9.97 Å². The van der Waals surface area contributed by atoms with Crippen LogP contribution in [0.4, 0.5) is 5.95 Å². The molecular weight excluding hydrogens is 454 g/mol. The summed E-state index contributed by atoms with van der Waals surface area (Å²) in [6.07, 6.45) is 3.83. The smallest absolute Gasteiger partial charge is 0.254 e. The minimum absolute atomic E-state index is 0.144. The lowest BCUT2D eigenvalue weighted by atomic mass is 9.49. The van der Waals surface area contributed by atoms with Gasteiger partial charge in [-0.1, -0.05) is 39.3 Å². The van der Waals surface area contributed by atoms with Crippen molar-refractivity contribution in [2.24, 2.45) is 16.7 Å². The molecule has 2 heterocycles. The van der Waals surface area contributed by atoms with Crippen molar-refractivity contribution in [1.29, 1.82) is 5.26 Å². The van der Waals surface area contributed by atoms with E-state index in [1.165, 1.54) is 0 Å². The van der Waals surface area contributed by atoms with E-state index in [0.29, 0.717) is 27.8 Å². The maximum Gasteiger partial charge on any atom is 0.254 e. The molecule has 0 spiro atoms. The Morgan fingerprint density at radius 1 is 1.29 bits per heavy atom. The molecule has 2 aliphatic rings. The van der Waals surface area contributed by atoms with Gasteiger partial charge in [0, 0.05) is 60.9 Å². The maximum absolute atomic E-state index is 13.0. The number of nitrogens with zero attached hydrogens (tertiary/aromatic N) is 4. The van der Waals surface area contributed by atoms with Gasteiger partial charge in [0.15, 0.2) is 0 Å². The standard InChI is InChI=1S/C25H30ClN5O3/c1-24(2)21(25(3,4)22(24)34-18-6-5-16(10-27)19(26)9-18)30-20(33)17-11-28-23(29-12-17)31-8-7-15(13-31)14-32/h5-6,9,11-12,15,21-22,32H,7-8,13-14H2,1-4H3,(H,30,33)/t15-,21-,22-/m1/s1.